The highest BCUT2D eigenvalue weighted by Crippen LogP contribution is 2.59. The van der Waals surface area contributed by atoms with Crippen molar-refractivity contribution in [3.8, 4) is 0 Å². The molecule has 2 fully saturated rings. The third-order valence-corrected chi connectivity index (χ3v) is 14.4. The fraction of sp³-hybridized carbons (Fsp3) is 0.609. The molecule has 7 unspecified atom stereocenters. The maximum atomic E-state index is 14.6. The van der Waals surface area contributed by atoms with Crippen molar-refractivity contribution in [3.05, 3.63) is 81.7 Å². The first-order chi connectivity index (χ1) is 25.8. The second-order valence-electron chi connectivity index (χ2n) is 17.4. The van der Waals surface area contributed by atoms with Crippen LogP contribution >= 0.6 is 11.3 Å². The van der Waals surface area contributed by atoms with Gasteiger partial charge in [0.2, 0.25) is 5.78 Å². The van der Waals surface area contributed by atoms with E-state index in [2.05, 4.69) is 52.8 Å². The number of methoxy groups -OCH3 is 1. The van der Waals surface area contributed by atoms with E-state index in [0.717, 1.165) is 53.3 Å². The van der Waals surface area contributed by atoms with E-state index in [-0.39, 0.29) is 30.4 Å². The summed E-state index contributed by atoms with van der Waals surface area (Å²) in [5.74, 6) is 1.08. The Bertz CT molecular complexity index is 1770. The number of hydrogen-bond acceptors (Lipinski definition) is 7. The fourth-order valence-corrected chi connectivity index (χ4v) is 10.8. The van der Waals surface area contributed by atoms with E-state index in [9.17, 15) is 19.8 Å². The maximum Gasteiger partial charge on any atom is 0.410 e. The second-order valence-corrected chi connectivity index (χ2v) is 18.5. The van der Waals surface area contributed by atoms with E-state index < -0.39 is 17.1 Å². The molecular weight excluding hydrogens is 695 g/mol. The summed E-state index contributed by atoms with van der Waals surface area (Å²) in [7, 11) is 1.67. The lowest BCUT2D eigenvalue weighted by Crippen LogP contribution is -2.54. The molecule has 294 valence electrons. The van der Waals surface area contributed by atoms with Gasteiger partial charge in [-0.1, -0.05) is 76.1 Å². The number of allylic oxidation sites excluding steroid dienone is 2. The van der Waals surface area contributed by atoms with Crippen molar-refractivity contribution in [1.29, 1.82) is 0 Å². The van der Waals surface area contributed by atoms with Gasteiger partial charge in [-0.25, -0.2) is 4.79 Å². The Morgan fingerprint density at radius 3 is 2.61 bits per heavy atom. The van der Waals surface area contributed by atoms with Crippen LogP contribution in [0.4, 0.5) is 4.79 Å². The Morgan fingerprint density at radius 1 is 1.06 bits per heavy atom. The van der Waals surface area contributed by atoms with Crippen molar-refractivity contribution in [1.82, 2.24) is 4.90 Å². The Kier molecular flexibility index (Phi) is 13.1. The van der Waals surface area contributed by atoms with E-state index in [1.165, 1.54) is 16.9 Å². The minimum Gasteiger partial charge on any atom is -0.446 e. The van der Waals surface area contributed by atoms with E-state index in [0.29, 0.717) is 79.9 Å². The van der Waals surface area contributed by atoms with Crippen molar-refractivity contribution in [2.75, 3.05) is 26.8 Å². The van der Waals surface area contributed by atoms with E-state index in [4.69, 9.17) is 9.47 Å². The number of aliphatic hydroxyl groups is 2. The predicted octanol–water partition coefficient (Wildman–Crippen LogP) is 10.1. The van der Waals surface area contributed by atoms with Gasteiger partial charge in [0, 0.05) is 35.9 Å². The fourth-order valence-electron chi connectivity index (χ4n) is 9.83. The van der Waals surface area contributed by atoms with Gasteiger partial charge in [0.15, 0.2) is 0 Å². The first-order valence-corrected chi connectivity index (χ1v) is 21.3. The molecule has 4 aliphatic rings. The quantitative estimate of drug-likeness (QED) is 0.121. The van der Waals surface area contributed by atoms with Crippen LogP contribution in [0.25, 0.3) is 10.1 Å². The molecule has 54 heavy (non-hydrogen) atoms. The molecule has 4 aliphatic carbocycles. The topological polar surface area (TPSA) is 96.3 Å². The second kappa shape index (κ2) is 17.4. The number of aliphatic hydroxyl groups excluding tert-OH is 1. The third kappa shape index (κ3) is 8.83. The summed E-state index contributed by atoms with van der Waals surface area (Å²) in [5, 5.41) is 25.2. The molecule has 7 atom stereocenters. The van der Waals surface area contributed by atoms with Crippen molar-refractivity contribution >= 4 is 33.3 Å². The number of amides is 1. The molecule has 1 amide bonds. The predicted molar refractivity (Wildman–Crippen MR) is 218 cm³/mol. The lowest BCUT2D eigenvalue weighted by atomic mass is 9.64. The van der Waals surface area contributed by atoms with Gasteiger partial charge in [-0.3, -0.25) is 4.79 Å². The number of ketones is 1. The van der Waals surface area contributed by atoms with Crippen molar-refractivity contribution in [2.24, 2.45) is 23.2 Å². The van der Waals surface area contributed by atoms with Crippen molar-refractivity contribution in [3.63, 3.8) is 0 Å². The zero-order valence-corrected chi connectivity index (χ0v) is 34.3. The summed E-state index contributed by atoms with van der Waals surface area (Å²) in [6, 6.07) is 16.2. The van der Waals surface area contributed by atoms with Gasteiger partial charge in [-0.2, -0.15) is 0 Å². The van der Waals surface area contributed by atoms with Crippen LogP contribution in [0.3, 0.4) is 0 Å². The SMILES string of the molecule is COCCCN(CC1(O)CCC2c3ccc(cc3C(=O)c3cc4ccccc4s3)CC(O)CCC(C)=CCCC21C)C(=O)OC1CC(C)CCC1C(C)C. The Balaban J connectivity index is 1.38. The van der Waals surface area contributed by atoms with Crippen LogP contribution < -0.4 is 0 Å². The van der Waals surface area contributed by atoms with Gasteiger partial charge in [-0.15, -0.1) is 11.3 Å². The van der Waals surface area contributed by atoms with Crippen LogP contribution in [0.5, 0.6) is 0 Å². The first-order valence-electron chi connectivity index (χ1n) is 20.5. The highest BCUT2D eigenvalue weighted by Gasteiger charge is 2.58. The Labute approximate surface area is 327 Å². The Hall–Kier alpha value is -3.04. The largest absolute Gasteiger partial charge is 0.446 e. The van der Waals surface area contributed by atoms with E-state index in [1.807, 2.05) is 36.4 Å². The molecule has 2 saturated carbocycles. The van der Waals surface area contributed by atoms with Gasteiger partial charge in [0.25, 0.3) is 0 Å². The molecule has 1 heterocycles. The van der Waals surface area contributed by atoms with Gasteiger partial charge in [0.05, 0.1) is 23.1 Å². The zero-order valence-electron chi connectivity index (χ0n) is 33.4. The van der Waals surface area contributed by atoms with Crippen molar-refractivity contribution in [2.45, 2.75) is 129 Å². The van der Waals surface area contributed by atoms with Crippen LogP contribution in [0.2, 0.25) is 0 Å². The van der Waals surface area contributed by atoms with Gasteiger partial charge < -0.3 is 24.6 Å². The number of carbonyl (C=O) groups excluding carboxylic acids is 2. The van der Waals surface area contributed by atoms with Gasteiger partial charge >= 0.3 is 6.09 Å². The molecule has 2 N–H and O–H groups in total. The summed E-state index contributed by atoms with van der Waals surface area (Å²) in [6.45, 7) is 12.1. The van der Waals surface area contributed by atoms with Crippen LogP contribution in [0, 0.1) is 23.2 Å². The molecule has 2 bridgehead atoms. The Morgan fingerprint density at radius 2 is 1.85 bits per heavy atom. The number of nitrogens with zero attached hydrogens (tertiary/aromatic N) is 1. The molecule has 1 aromatic heterocycles. The number of ether oxygens (including phenoxy) is 2. The molecular formula is C46H63NO6S. The lowest BCUT2D eigenvalue weighted by Gasteiger charge is -2.46. The van der Waals surface area contributed by atoms with Crippen LogP contribution in [0.1, 0.15) is 131 Å². The maximum absolute atomic E-state index is 14.6. The average Bonchev–Trinajstić information content (AvgIpc) is 3.68. The normalized spacial score (nSPS) is 29.1. The summed E-state index contributed by atoms with van der Waals surface area (Å²) in [5.41, 5.74) is 1.87. The molecule has 2 aromatic carbocycles. The van der Waals surface area contributed by atoms with E-state index >= 15 is 0 Å². The molecule has 0 aliphatic heterocycles. The molecule has 0 spiro atoms. The number of rotatable bonds is 10. The smallest absolute Gasteiger partial charge is 0.410 e. The average molecular weight is 758 g/mol. The molecule has 8 heteroatoms. The van der Waals surface area contributed by atoms with Crippen molar-refractivity contribution < 1.29 is 29.3 Å². The molecule has 7 nitrogen and oxygen atoms in total. The van der Waals surface area contributed by atoms with Crippen LogP contribution in [-0.2, 0) is 15.9 Å². The standard InChI is InChI=1S/C46H63NO6S/c1-30(2)36-18-15-32(4)25-40(36)53-44(50)47(23-10-24-52-6)29-46(51)22-20-39-37-19-16-33(26-35(48)17-14-31(3)11-9-21-45(39,46)5)27-38(37)43(49)42-28-34-12-7-8-13-41(34)54-42/h7-8,11-13,16,19,27-28,30,32,35-36,39-40,48,51H,9-10,14-15,17-18,20-26,29H2,1-6H3. The third-order valence-electron chi connectivity index (χ3n) is 13.3. The highest BCUT2D eigenvalue weighted by molar-refractivity contribution is 7.21. The molecule has 7 rings (SSSR count). The number of hydrogen-bond donors (Lipinski definition) is 2. The lowest BCUT2D eigenvalue weighted by molar-refractivity contribution is -0.0868. The molecule has 3 aromatic rings. The first kappa shape index (κ1) is 40.6. The number of carbonyl (C=O) groups is 2. The summed E-state index contributed by atoms with van der Waals surface area (Å²) in [6.07, 6.45) is 9.47. The minimum atomic E-state index is -1.23. The summed E-state index contributed by atoms with van der Waals surface area (Å²) in [4.78, 5) is 31.3. The van der Waals surface area contributed by atoms with Gasteiger partial charge in [0.1, 0.15) is 6.10 Å². The number of fused-ring (bicyclic) bond motifs is 9. The van der Waals surface area contributed by atoms with Crippen LogP contribution in [-0.4, -0.2) is 71.6 Å². The summed E-state index contributed by atoms with van der Waals surface area (Å²) >= 11 is 1.51. The molecule has 0 radical (unpaired) electrons. The minimum absolute atomic E-state index is 0.0191. The molecule has 0 saturated heterocycles. The zero-order chi connectivity index (χ0) is 38.6. The highest BCUT2D eigenvalue weighted by atomic mass is 32.1. The van der Waals surface area contributed by atoms with E-state index in [1.54, 1.807) is 12.0 Å². The van der Waals surface area contributed by atoms with Gasteiger partial charge in [-0.05, 0) is 130 Å². The number of thiophene rings is 1. The summed E-state index contributed by atoms with van der Waals surface area (Å²) < 4.78 is 12.9. The van der Waals surface area contributed by atoms with Crippen LogP contribution in [0.15, 0.2) is 60.2 Å². The monoisotopic (exact) mass is 757 g/mol. The number of benzene rings is 2.